The molecule has 0 bridgehead atoms. The third-order valence-corrected chi connectivity index (χ3v) is 1.27. The van der Waals surface area contributed by atoms with Crippen molar-refractivity contribution in [2.24, 2.45) is 0 Å². The summed E-state index contributed by atoms with van der Waals surface area (Å²) in [4.78, 5) is 2.28. The minimum absolute atomic E-state index is 1.13. The van der Waals surface area contributed by atoms with Crippen LogP contribution in [0.25, 0.3) is 0 Å². The summed E-state index contributed by atoms with van der Waals surface area (Å²) in [5, 5.41) is 0. The lowest BCUT2D eigenvalue weighted by atomic mass is 10.3. The molecule has 0 unspecified atom stereocenters. The summed E-state index contributed by atoms with van der Waals surface area (Å²) in [5.74, 6) is 0. The minimum Gasteiger partial charge on any atom is -0.306 e. The molecule has 0 heterocycles. The summed E-state index contributed by atoms with van der Waals surface area (Å²) < 4.78 is 0. The first-order valence-electron chi connectivity index (χ1n) is 3.31. The van der Waals surface area contributed by atoms with Gasteiger partial charge in [-0.15, -0.1) is 0 Å². The van der Waals surface area contributed by atoms with Crippen LogP contribution in [0.4, 0.5) is 0 Å². The fourth-order valence-corrected chi connectivity index (χ4v) is 0.479. The maximum absolute atomic E-state index is 2.28. The van der Waals surface area contributed by atoms with Gasteiger partial charge in [-0.1, -0.05) is 20.3 Å². The Morgan fingerprint density at radius 1 is 1.38 bits per heavy atom. The minimum atomic E-state index is 1.13. The van der Waals surface area contributed by atoms with Crippen LogP contribution in [0.2, 0.25) is 0 Å². The van der Waals surface area contributed by atoms with E-state index >= 15 is 0 Å². The first kappa shape index (κ1) is 7.96. The van der Waals surface area contributed by atoms with E-state index in [1.165, 1.54) is 6.42 Å². The molecule has 0 aliphatic rings. The fraction of sp³-hybridized carbons (Fsp3) is 0.857. The predicted octanol–water partition coefficient (Wildman–Crippen LogP) is 1.55. The van der Waals surface area contributed by atoms with Gasteiger partial charge in [0, 0.05) is 6.54 Å². The Kier molecular flexibility index (Phi) is 5.08. The van der Waals surface area contributed by atoms with Crippen molar-refractivity contribution in [1.29, 1.82) is 0 Å². The lowest BCUT2D eigenvalue weighted by molar-refractivity contribution is 0.377. The first-order valence-corrected chi connectivity index (χ1v) is 3.31. The molecule has 8 heavy (non-hydrogen) atoms. The van der Waals surface area contributed by atoms with Crippen LogP contribution in [-0.4, -0.2) is 25.0 Å². The molecule has 0 spiro atoms. The fourth-order valence-electron chi connectivity index (χ4n) is 0.479. The molecule has 0 aliphatic heterocycles. The number of nitrogens with zero attached hydrogens (tertiary/aromatic N) is 1. The maximum Gasteiger partial charge on any atom is 0.000951 e. The van der Waals surface area contributed by atoms with Crippen molar-refractivity contribution in [3.63, 3.8) is 0 Å². The van der Waals surface area contributed by atoms with E-state index in [2.05, 4.69) is 32.2 Å². The molecular weight excluding hydrogens is 98.1 g/mol. The van der Waals surface area contributed by atoms with Crippen LogP contribution >= 0.6 is 0 Å². The molecule has 0 N–H and O–H groups in total. The zero-order valence-electron chi connectivity index (χ0n) is 6.15. The largest absolute Gasteiger partial charge is 0.306 e. The predicted molar refractivity (Wildman–Crippen MR) is 37.8 cm³/mol. The van der Waals surface area contributed by atoms with Gasteiger partial charge in [0.25, 0.3) is 0 Å². The molecule has 0 atom stereocenters. The van der Waals surface area contributed by atoms with Crippen LogP contribution in [0.15, 0.2) is 0 Å². The summed E-state index contributed by atoms with van der Waals surface area (Å²) in [5.41, 5.74) is 0. The lowest BCUT2D eigenvalue weighted by Crippen LogP contribution is -2.18. The average Bonchev–Trinajstić information content (AvgIpc) is 1.83. The van der Waals surface area contributed by atoms with Gasteiger partial charge in [0.15, 0.2) is 0 Å². The van der Waals surface area contributed by atoms with Crippen molar-refractivity contribution >= 4 is 0 Å². The van der Waals surface area contributed by atoms with Crippen molar-refractivity contribution in [1.82, 2.24) is 4.90 Å². The molecule has 1 heteroatoms. The highest BCUT2D eigenvalue weighted by Crippen LogP contribution is 1.87. The first-order chi connectivity index (χ1) is 3.81. The number of hydrogen-bond donors (Lipinski definition) is 0. The van der Waals surface area contributed by atoms with Crippen molar-refractivity contribution in [3.05, 3.63) is 6.42 Å². The van der Waals surface area contributed by atoms with E-state index in [0.29, 0.717) is 0 Å². The molecular formula is C7H16N. The van der Waals surface area contributed by atoms with Gasteiger partial charge < -0.3 is 4.90 Å². The van der Waals surface area contributed by atoms with Crippen LogP contribution in [0.5, 0.6) is 0 Å². The quantitative estimate of drug-likeness (QED) is 0.536. The Bertz CT molecular complexity index is 43.7. The summed E-state index contributed by atoms with van der Waals surface area (Å²) in [6.45, 7) is 6.62. The third-order valence-electron chi connectivity index (χ3n) is 1.27. The third kappa shape index (κ3) is 4.13. The van der Waals surface area contributed by atoms with Crippen LogP contribution < -0.4 is 0 Å². The van der Waals surface area contributed by atoms with Gasteiger partial charge in [0.2, 0.25) is 0 Å². The van der Waals surface area contributed by atoms with Gasteiger partial charge in [0.05, 0.1) is 0 Å². The molecule has 0 aromatic carbocycles. The van der Waals surface area contributed by atoms with E-state index in [4.69, 9.17) is 0 Å². The molecule has 0 fully saturated rings. The zero-order chi connectivity index (χ0) is 6.41. The summed E-state index contributed by atoms with van der Waals surface area (Å²) in [6, 6.07) is 0. The average molecular weight is 114 g/mol. The second-order valence-electron chi connectivity index (χ2n) is 2.05. The van der Waals surface area contributed by atoms with E-state index in [1.807, 2.05) is 0 Å². The molecule has 0 rings (SSSR count). The van der Waals surface area contributed by atoms with E-state index in [1.54, 1.807) is 0 Å². The molecule has 1 nitrogen and oxygen atoms in total. The zero-order valence-corrected chi connectivity index (χ0v) is 6.15. The highest BCUT2D eigenvalue weighted by Gasteiger charge is 1.89. The van der Waals surface area contributed by atoms with Crippen LogP contribution in [-0.2, 0) is 0 Å². The van der Waals surface area contributed by atoms with Gasteiger partial charge in [-0.2, -0.15) is 0 Å². The maximum atomic E-state index is 2.28. The Hall–Kier alpha value is -0.0400. The summed E-state index contributed by atoms with van der Waals surface area (Å²) in [6.07, 6.45) is 3.47. The molecule has 0 aromatic rings. The molecule has 0 saturated heterocycles. The Balaban J connectivity index is 2.86. The summed E-state index contributed by atoms with van der Waals surface area (Å²) in [7, 11) is 2.13. The molecule has 49 valence electrons. The smallest absolute Gasteiger partial charge is 0.000951 e. The molecule has 0 saturated carbocycles. The van der Waals surface area contributed by atoms with Crippen molar-refractivity contribution in [2.75, 3.05) is 20.1 Å². The van der Waals surface area contributed by atoms with E-state index < -0.39 is 0 Å². The topological polar surface area (TPSA) is 3.24 Å². The Morgan fingerprint density at radius 2 is 2.00 bits per heavy atom. The number of unbranched alkanes of at least 4 members (excludes halogenated alkanes) is 1. The number of hydrogen-bond acceptors (Lipinski definition) is 1. The normalized spacial score (nSPS) is 10.5. The Morgan fingerprint density at radius 3 is 2.38 bits per heavy atom. The highest BCUT2D eigenvalue weighted by atomic mass is 15.1. The standard InChI is InChI=1S/C7H16N/c1-4-6-7-8(3)5-2/h6H,4-5,7H2,1-3H3. The van der Waals surface area contributed by atoms with Crippen LogP contribution in [0, 0.1) is 6.42 Å². The van der Waals surface area contributed by atoms with Crippen molar-refractivity contribution in [3.8, 4) is 0 Å². The van der Waals surface area contributed by atoms with Crippen molar-refractivity contribution in [2.45, 2.75) is 20.3 Å². The second kappa shape index (κ2) is 5.10. The molecule has 0 aliphatic carbocycles. The van der Waals surface area contributed by atoms with Crippen LogP contribution in [0.3, 0.4) is 0 Å². The van der Waals surface area contributed by atoms with Crippen molar-refractivity contribution < 1.29 is 0 Å². The van der Waals surface area contributed by atoms with Gasteiger partial charge in [-0.25, -0.2) is 0 Å². The monoisotopic (exact) mass is 114 g/mol. The second-order valence-corrected chi connectivity index (χ2v) is 2.05. The van der Waals surface area contributed by atoms with E-state index in [-0.39, 0.29) is 0 Å². The molecule has 1 radical (unpaired) electrons. The van der Waals surface area contributed by atoms with Gasteiger partial charge in [-0.3, -0.25) is 0 Å². The highest BCUT2D eigenvalue weighted by molar-refractivity contribution is 4.64. The molecule has 0 amide bonds. The molecule has 0 aromatic heterocycles. The van der Waals surface area contributed by atoms with Gasteiger partial charge >= 0.3 is 0 Å². The van der Waals surface area contributed by atoms with Gasteiger partial charge in [0.1, 0.15) is 0 Å². The lowest BCUT2D eigenvalue weighted by Gasteiger charge is -2.11. The van der Waals surface area contributed by atoms with E-state index in [0.717, 1.165) is 13.1 Å². The number of rotatable bonds is 4. The Labute approximate surface area is 52.7 Å². The van der Waals surface area contributed by atoms with Gasteiger partial charge in [-0.05, 0) is 20.0 Å². The van der Waals surface area contributed by atoms with Crippen LogP contribution in [0.1, 0.15) is 20.3 Å². The SMILES string of the molecule is CC[CH]CN(C)CC. The summed E-state index contributed by atoms with van der Waals surface area (Å²) >= 11 is 0. The van der Waals surface area contributed by atoms with E-state index in [9.17, 15) is 0 Å².